The molecule has 0 saturated heterocycles. The summed E-state index contributed by atoms with van der Waals surface area (Å²) in [5.41, 5.74) is -4.84. The first-order valence-corrected chi connectivity index (χ1v) is 12.9. The van der Waals surface area contributed by atoms with Crippen LogP contribution in [0.4, 0.5) is 45.2 Å². The minimum atomic E-state index is -6.83. The van der Waals surface area contributed by atoms with Crippen LogP contribution < -0.4 is 11.1 Å². The van der Waals surface area contributed by atoms with E-state index < -0.39 is 63.7 Å². The number of phenolic OH excluding ortho intramolecular Hbond substituents is 1. The molecular formula is C33H19F9N2O2. The second kappa shape index (κ2) is 12.5. The topological polar surface area (TPSA) is 75.3 Å². The van der Waals surface area contributed by atoms with Crippen molar-refractivity contribution in [1.29, 1.82) is 0 Å². The Balaban J connectivity index is 2.22. The number of phenols is 1. The molecule has 0 fully saturated rings. The van der Waals surface area contributed by atoms with Crippen molar-refractivity contribution < 1.29 is 49.4 Å². The number of benzene rings is 4. The van der Waals surface area contributed by atoms with Gasteiger partial charge in [0.2, 0.25) is 0 Å². The molecule has 0 bridgehead atoms. The van der Waals surface area contributed by atoms with Crippen LogP contribution in [-0.2, 0) is 12.0 Å². The molecular weight excluding hydrogens is 627 g/mol. The number of hydrogen-bond donors (Lipinski definition) is 3. The third-order valence-electron chi connectivity index (χ3n) is 6.42. The summed E-state index contributed by atoms with van der Waals surface area (Å²) in [5.74, 6) is -6.57. The number of carbonyl (C=O) groups excluding carboxylic acids is 1. The van der Waals surface area contributed by atoms with Gasteiger partial charge in [-0.2, -0.15) is 35.1 Å². The van der Waals surface area contributed by atoms with Crippen molar-refractivity contribution >= 4 is 11.6 Å². The van der Waals surface area contributed by atoms with E-state index in [4.69, 9.17) is 5.73 Å². The van der Waals surface area contributed by atoms with Crippen LogP contribution in [0.2, 0.25) is 0 Å². The summed E-state index contributed by atoms with van der Waals surface area (Å²) in [7, 11) is 0. The molecule has 1 atom stereocenters. The molecule has 236 valence electrons. The van der Waals surface area contributed by atoms with Gasteiger partial charge >= 0.3 is 18.3 Å². The van der Waals surface area contributed by atoms with E-state index in [0.717, 1.165) is 12.1 Å². The normalized spacial score (nSPS) is 13.0. The second-order valence-corrected chi connectivity index (χ2v) is 9.56. The zero-order valence-electron chi connectivity index (χ0n) is 23.0. The van der Waals surface area contributed by atoms with Gasteiger partial charge in [0.25, 0.3) is 11.7 Å². The van der Waals surface area contributed by atoms with Gasteiger partial charge in [0.05, 0.1) is 22.4 Å². The Morgan fingerprint density at radius 1 is 0.630 bits per heavy atom. The maximum absolute atomic E-state index is 16.1. The zero-order chi connectivity index (χ0) is 33.9. The van der Waals surface area contributed by atoms with Gasteiger partial charge in [-0.1, -0.05) is 78.3 Å². The number of amides is 1. The van der Waals surface area contributed by atoms with Crippen LogP contribution >= 0.6 is 0 Å². The Labute approximate surface area is 255 Å². The highest BCUT2D eigenvalue weighted by Gasteiger charge is 2.72. The van der Waals surface area contributed by atoms with Crippen molar-refractivity contribution in [3.63, 3.8) is 0 Å². The van der Waals surface area contributed by atoms with Crippen LogP contribution in [-0.4, -0.2) is 23.1 Å². The number of hydrogen-bond acceptors (Lipinski definition) is 3. The number of nitrogens with two attached hydrogens (primary N) is 1. The minimum Gasteiger partial charge on any atom is -0.505 e. The van der Waals surface area contributed by atoms with E-state index in [1.165, 1.54) is 72.8 Å². The highest BCUT2D eigenvalue weighted by atomic mass is 19.4. The van der Waals surface area contributed by atoms with Gasteiger partial charge in [-0.15, -0.1) is 0 Å². The lowest BCUT2D eigenvalue weighted by atomic mass is 9.85. The Kier molecular flexibility index (Phi) is 9.13. The molecule has 4 N–H and O–H groups in total. The quantitative estimate of drug-likeness (QED) is 0.121. The Bertz CT molecular complexity index is 1870. The largest absolute Gasteiger partial charge is 0.505 e. The summed E-state index contributed by atoms with van der Waals surface area (Å²) in [4.78, 5) is 13.1. The van der Waals surface area contributed by atoms with Crippen LogP contribution in [0, 0.1) is 23.7 Å². The molecule has 0 aromatic heterocycles. The molecule has 1 amide bonds. The SMILES string of the molecule is NC(F)(c1c(NC(=O)c2ccccc2)c(C#Cc2ccccc2)c(O)c(C#Cc2ccccc2)c1C(F)(F)F)C(F)(F)C(F)(F)F. The van der Waals surface area contributed by atoms with E-state index in [-0.39, 0.29) is 16.7 Å². The zero-order valence-corrected chi connectivity index (χ0v) is 23.0. The molecule has 0 aliphatic carbocycles. The minimum absolute atomic E-state index is 0.0230. The van der Waals surface area contributed by atoms with Crippen molar-refractivity contribution in [2.75, 3.05) is 5.32 Å². The van der Waals surface area contributed by atoms with Crippen molar-refractivity contribution in [3.8, 4) is 29.4 Å². The van der Waals surface area contributed by atoms with E-state index >= 15 is 4.39 Å². The maximum atomic E-state index is 16.1. The lowest BCUT2D eigenvalue weighted by Crippen LogP contribution is -2.58. The number of carbonyl (C=O) groups is 1. The third-order valence-corrected chi connectivity index (χ3v) is 6.42. The molecule has 0 aliphatic rings. The first-order chi connectivity index (χ1) is 21.5. The molecule has 0 heterocycles. The van der Waals surface area contributed by atoms with E-state index in [0.29, 0.717) is 0 Å². The number of anilines is 1. The lowest BCUT2D eigenvalue weighted by Gasteiger charge is -2.35. The molecule has 1 unspecified atom stereocenters. The Morgan fingerprint density at radius 2 is 1.07 bits per heavy atom. The van der Waals surface area contributed by atoms with Crippen LogP contribution in [0.1, 0.15) is 43.7 Å². The van der Waals surface area contributed by atoms with Crippen molar-refractivity contribution in [2.24, 2.45) is 5.73 Å². The fraction of sp³-hybridized carbons (Fsp3) is 0.121. The third kappa shape index (κ3) is 6.65. The van der Waals surface area contributed by atoms with Gasteiger partial charge in [-0.05, 0) is 36.4 Å². The fourth-order valence-corrected chi connectivity index (χ4v) is 4.20. The highest BCUT2D eigenvalue weighted by molar-refractivity contribution is 6.06. The van der Waals surface area contributed by atoms with Gasteiger partial charge in [0.1, 0.15) is 5.75 Å². The van der Waals surface area contributed by atoms with Gasteiger partial charge in [-0.3, -0.25) is 10.5 Å². The molecule has 0 radical (unpaired) electrons. The number of rotatable bonds is 4. The predicted octanol–water partition coefficient (Wildman–Crippen LogP) is 7.74. The summed E-state index contributed by atoms with van der Waals surface area (Å²) in [6, 6.07) is 20.5. The first-order valence-electron chi connectivity index (χ1n) is 12.9. The van der Waals surface area contributed by atoms with Gasteiger partial charge < -0.3 is 10.4 Å². The molecule has 4 aromatic carbocycles. The van der Waals surface area contributed by atoms with E-state index in [1.807, 2.05) is 5.92 Å². The summed E-state index contributed by atoms with van der Waals surface area (Å²) in [6.07, 6.45) is -12.8. The van der Waals surface area contributed by atoms with Crippen molar-refractivity contribution in [1.82, 2.24) is 0 Å². The van der Waals surface area contributed by atoms with Crippen molar-refractivity contribution in [2.45, 2.75) is 24.1 Å². The summed E-state index contributed by atoms with van der Waals surface area (Å²) >= 11 is 0. The molecule has 0 aliphatic heterocycles. The summed E-state index contributed by atoms with van der Waals surface area (Å²) in [6.45, 7) is 0. The number of nitrogens with one attached hydrogen (secondary N) is 1. The molecule has 4 aromatic rings. The van der Waals surface area contributed by atoms with Crippen LogP contribution in [0.25, 0.3) is 0 Å². The molecule has 13 heteroatoms. The average molecular weight is 647 g/mol. The van der Waals surface area contributed by atoms with Gasteiger partial charge in [0, 0.05) is 22.3 Å². The van der Waals surface area contributed by atoms with Crippen LogP contribution in [0.3, 0.4) is 0 Å². The van der Waals surface area contributed by atoms with E-state index in [1.54, 1.807) is 11.4 Å². The number of halogens is 9. The fourth-order valence-electron chi connectivity index (χ4n) is 4.20. The smallest absolute Gasteiger partial charge is 0.458 e. The predicted molar refractivity (Wildman–Crippen MR) is 150 cm³/mol. The Morgan fingerprint density at radius 3 is 1.50 bits per heavy atom. The molecule has 4 rings (SSSR count). The van der Waals surface area contributed by atoms with Gasteiger partial charge in [0.15, 0.2) is 0 Å². The second-order valence-electron chi connectivity index (χ2n) is 9.56. The summed E-state index contributed by atoms with van der Waals surface area (Å²) < 4.78 is 131. The summed E-state index contributed by atoms with van der Waals surface area (Å²) in [5, 5.41) is 12.9. The molecule has 0 saturated carbocycles. The lowest BCUT2D eigenvalue weighted by molar-refractivity contribution is -0.330. The highest BCUT2D eigenvalue weighted by Crippen LogP contribution is 2.55. The van der Waals surface area contributed by atoms with Gasteiger partial charge in [-0.25, -0.2) is 4.39 Å². The van der Waals surface area contributed by atoms with E-state index in [2.05, 4.69) is 17.8 Å². The number of aromatic hydroxyl groups is 1. The average Bonchev–Trinajstić information content (AvgIpc) is 3.00. The molecule has 0 spiro atoms. The molecule has 4 nitrogen and oxygen atoms in total. The van der Waals surface area contributed by atoms with Crippen molar-refractivity contribution in [3.05, 3.63) is 130 Å². The monoisotopic (exact) mass is 646 g/mol. The maximum Gasteiger partial charge on any atom is 0.458 e. The van der Waals surface area contributed by atoms with E-state index in [9.17, 15) is 45.0 Å². The molecule has 46 heavy (non-hydrogen) atoms. The number of alkyl halides is 9. The standard InChI is InChI=1S/C33H19F9N2O2/c34-30(43,32(38,39)33(40,41)42)26-25(31(35,36)37)23(18-16-20-10-4-1-5-11-20)28(45)24(19-17-21-12-6-2-7-13-21)27(26)44-29(46)22-14-8-3-9-15-22/h1-15,45H,43H2,(H,44,46). The van der Waals surface area contributed by atoms with Crippen LogP contribution in [0.5, 0.6) is 5.75 Å². The first kappa shape index (κ1) is 33.5. The van der Waals surface area contributed by atoms with Crippen LogP contribution in [0.15, 0.2) is 91.0 Å². The Hall–Kier alpha value is -5.40.